The summed E-state index contributed by atoms with van der Waals surface area (Å²) in [5.74, 6) is 0. The minimum Gasteiger partial charge on any atom is -0.310 e. The molecule has 0 aliphatic carbocycles. The molecule has 0 saturated carbocycles. The molecule has 0 aromatic rings. The number of unbranched alkanes of at least 4 members (excludes halogenated alkanes) is 1. The Morgan fingerprint density at radius 3 is 2.45 bits per heavy atom. The molecule has 0 saturated heterocycles. The van der Waals surface area contributed by atoms with Crippen LogP contribution in [0.2, 0.25) is 0 Å². The van der Waals surface area contributed by atoms with Crippen LogP contribution in [0, 0.1) is 5.41 Å². The highest BCUT2D eigenvalue weighted by molar-refractivity contribution is 6.09. The van der Waals surface area contributed by atoms with Gasteiger partial charge in [-0.2, -0.15) is 13.2 Å². The Kier molecular flexibility index (Phi) is 8.52. The predicted octanol–water partition coefficient (Wildman–Crippen LogP) is 4.89. The van der Waals surface area contributed by atoms with Crippen molar-refractivity contribution < 1.29 is 13.2 Å². The summed E-state index contributed by atoms with van der Waals surface area (Å²) >= 11 is 0. The first-order chi connectivity index (χ1) is 9.32. The smallest absolute Gasteiger partial charge is 0.310 e. The Labute approximate surface area is 118 Å². The van der Waals surface area contributed by atoms with Gasteiger partial charge in [0.2, 0.25) is 0 Å². The summed E-state index contributed by atoms with van der Waals surface area (Å²) in [6.07, 6.45) is 2.41. The van der Waals surface area contributed by atoms with Crippen molar-refractivity contribution in [2.75, 3.05) is 6.54 Å². The summed E-state index contributed by atoms with van der Waals surface area (Å²) in [5, 5.41) is 7.20. The largest absolute Gasteiger partial charge is 0.418 e. The third-order valence-corrected chi connectivity index (χ3v) is 2.39. The van der Waals surface area contributed by atoms with E-state index in [-0.39, 0.29) is 5.71 Å². The molecule has 0 rings (SSSR count). The van der Waals surface area contributed by atoms with Gasteiger partial charge < -0.3 is 5.41 Å². The van der Waals surface area contributed by atoms with Crippen LogP contribution in [0.3, 0.4) is 0 Å². The van der Waals surface area contributed by atoms with Crippen LogP contribution in [-0.2, 0) is 0 Å². The highest BCUT2D eigenvalue weighted by atomic mass is 19.4. The number of alkyl halides is 3. The molecular formula is C15H21F3N2. The van der Waals surface area contributed by atoms with Crippen molar-refractivity contribution in [1.29, 1.82) is 5.41 Å². The Bertz CT molecular complexity index is 415. The fraction of sp³-hybridized carbons (Fsp3) is 0.467. The molecule has 0 fully saturated rings. The van der Waals surface area contributed by atoms with Crippen molar-refractivity contribution >= 4 is 11.4 Å². The maximum Gasteiger partial charge on any atom is 0.418 e. The van der Waals surface area contributed by atoms with E-state index in [1.54, 1.807) is 6.92 Å². The van der Waals surface area contributed by atoms with Gasteiger partial charge in [0.1, 0.15) is 0 Å². The third-order valence-electron chi connectivity index (χ3n) is 2.39. The van der Waals surface area contributed by atoms with E-state index in [2.05, 4.69) is 11.6 Å². The summed E-state index contributed by atoms with van der Waals surface area (Å²) < 4.78 is 38.9. The molecule has 0 bridgehead atoms. The van der Waals surface area contributed by atoms with Crippen molar-refractivity contribution in [3.05, 3.63) is 36.5 Å². The standard InChI is InChI=1S/C15H21F3N2/c1-4-6-11-20-14(5-2)13(15(16,17)18)10-8-7-9-12(3)19/h5,7-8,10,19H,2,4,6,9,11H2,1,3H3/b8-7+,13-10+,19-12?,20-14?. The highest BCUT2D eigenvalue weighted by Gasteiger charge is 2.35. The molecule has 0 heterocycles. The molecule has 0 radical (unpaired) electrons. The number of halogens is 3. The van der Waals surface area contributed by atoms with Gasteiger partial charge in [-0.1, -0.05) is 32.1 Å². The maximum atomic E-state index is 13.0. The molecule has 0 unspecified atom stereocenters. The fourth-order valence-corrected chi connectivity index (χ4v) is 1.35. The lowest BCUT2D eigenvalue weighted by atomic mass is 10.1. The number of allylic oxidation sites excluding steroid dienone is 5. The van der Waals surface area contributed by atoms with Crippen LogP contribution < -0.4 is 0 Å². The molecule has 112 valence electrons. The van der Waals surface area contributed by atoms with Gasteiger partial charge in [0.25, 0.3) is 0 Å². The molecule has 0 amide bonds. The lowest BCUT2D eigenvalue weighted by Gasteiger charge is -2.11. The van der Waals surface area contributed by atoms with Crippen LogP contribution in [0.1, 0.15) is 33.1 Å². The molecule has 1 N–H and O–H groups in total. The molecule has 2 nitrogen and oxygen atoms in total. The summed E-state index contributed by atoms with van der Waals surface area (Å²) in [4.78, 5) is 3.95. The molecule has 20 heavy (non-hydrogen) atoms. The van der Waals surface area contributed by atoms with Crippen molar-refractivity contribution in [3.8, 4) is 0 Å². The van der Waals surface area contributed by atoms with E-state index >= 15 is 0 Å². The van der Waals surface area contributed by atoms with Crippen LogP contribution >= 0.6 is 0 Å². The molecule has 0 spiro atoms. The van der Waals surface area contributed by atoms with Crippen molar-refractivity contribution in [2.45, 2.75) is 39.3 Å². The van der Waals surface area contributed by atoms with Gasteiger partial charge in [-0.05, 0) is 25.5 Å². The topological polar surface area (TPSA) is 36.2 Å². The second-order valence-corrected chi connectivity index (χ2v) is 4.32. The maximum absolute atomic E-state index is 13.0. The molecule has 0 aliphatic rings. The first kappa shape index (κ1) is 18.4. The summed E-state index contributed by atoms with van der Waals surface area (Å²) in [5.41, 5.74) is -0.548. The van der Waals surface area contributed by atoms with Gasteiger partial charge in [-0.25, -0.2) is 0 Å². The lowest BCUT2D eigenvalue weighted by molar-refractivity contribution is -0.0859. The highest BCUT2D eigenvalue weighted by Crippen LogP contribution is 2.27. The van der Waals surface area contributed by atoms with Crippen LogP contribution in [0.15, 0.2) is 41.4 Å². The summed E-state index contributed by atoms with van der Waals surface area (Å²) in [6, 6.07) is 0. The first-order valence-corrected chi connectivity index (χ1v) is 6.48. The van der Waals surface area contributed by atoms with E-state index < -0.39 is 11.7 Å². The van der Waals surface area contributed by atoms with Gasteiger partial charge in [0.15, 0.2) is 0 Å². The number of rotatable bonds is 8. The minimum atomic E-state index is -4.47. The Morgan fingerprint density at radius 1 is 1.35 bits per heavy atom. The van der Waals surface area contributed by atoms with E-state index in [9.17, 15) is 13.2 Å². The zero-order chi connectivity index (χ0) is 15.6. The third kappa shape index (κ3) is 7.71. The van der Waals surface area contributed by atoms with E-state index in [0.29, 0.717) is 18.7 Å². The Hall–Kier alpha value is -1.65. The predicted molar refractivity (Wildman–Crippen MR) is 78.7 cm³/mol. The lowest BCUT2D eigenvalue weighted by Crippen LogP contribution is -2.19. The molecule has 0 aromatic heterocycles. The van der Waals surface area contributed by atoms with E-state index in [1.165, 1.54) is 12.2 Å². The van der Waals surface area contributed by atoms with Crippen molar-refractivity contribution in [1.82, 2.24) is 0 Å². The number of nitrogens with zero attached hydrogens (tertiary/aromatic N) is 1. The zero-order valence-corrected chi connectivity index (χ0v) is 11.9. The van der Waals surface area contributed by atoms with Crippen LogP contribution in [0.5, 0.6) is 0 Å². The summed E-state index contributed by atoms with van der Waals surface area (Å²) in [7, 11) is 0. The van der Waals surface area contributed by atoms with Crippen molar-refractivity contribution in [3.63, 3.8) is 0 Å². The Morgan fingerprint density at radius 2 is 2.00 bits per heavy atom. The zero-order valence-electron chi connectivity index (χ0n) is 11.9. The average molecular weight is 286 g/mol. The normalized spacial score (nSPS) is 13.8. The minimum absolute atomic E-state index is 0.137. The molecular weight excluding hydrogens is 265 g/mol. The quantitative estimate of drug-likeness (QED) is 0.375. The van der Waals surface area contributed by atoms with Crippen LogP contribution in [-0.4, -0.2) is 24.1 Å². The van der Waals surface area contributed by atoms with Gasteiger partial charge >= 0.3 is 6.18 Å². The van der Waals surface area contributed by atoms with Crippen LogP contribution in [0.25, 0.3) is 0 Å². The van der Waals surface area contributed by atoms with Gasteiger partial charge in [-0.15, -0.1) is 0 Å². The molecule has 0 aliphatic heterocycles. The number of hydrogen-bond acceptors (Lipinski definition) is 2. The van der Waals surface area contributed by atoms with Gasteiger partial charge in [-0.3, -0.25) is 4.99 Å². The van der Waals surface area contributed by atoms with E-state index in [1.807, 2.05) is 6.92 Å². The fourth-order valence-electron chi connectivity index (χ4n) is 1.35. The first-order valence-electron chi connectivity index (χ1n) is 6.48. The van der Waals surface area contributed by atoms with E-state index in [0.717, 1.165) is 25.0 Å². The Balaban J connectivity index is 5.17. The van der Waals surface area contributed by atoms with Gasteiger partial charge in [0.05, 0.1) is 11.3 Å². The summed E-state index contributed by atoms with van der Waals surface area (Å²) in [6.45, 7) is 7.30. The van der Waals surface area contributed by atoms with Gasteiger partial charge in [0, 0.05) is 18.7 Å². The molecule has 0 atom stereocenters. The van der Waals surface area contributed by atoms with Crippen LogP contribution in [0.4, 0.5) is 13.2 Å². The SMILES string of the molecule is C=CC(=NCCCC)/C(=C\C=C\CC(C)=N)C(F)(F)F. The molecule has 0 aromatic carbocycles. The van der Waals surface area contributed by atoms with E-state index in [4.69, 9.17) is 5.41 Å². The van der Waals surface area contributed by atoms with Crippen molar-refractivity contribution in [2.24, 2.45) is 4.99 Å². The molecule has 5 heteroatoms. The monoisotopic (exact) mass is 286 g/mol. The number of nitrogens with one attached hydrogen (secondary N) is 1. The second-order valence-electron chi connectivity index (χ2n) is 4.32. The average Bonchev–Trinajstić information content (AvgIpc) is 2.34. The second kappa shape index (κ2) is 9.28. The number of hydrogen-bond donors (Lipinski definition) is 1. The number of aliphatic imine (C=N–C) groups is 1.